The second-order valence-electron chi connectivity index (χ2n) is 7.67. The van der Waals surface area contributed by atoms with Gasteiger partial charge in [-0.2, -0.15) is 0 Å². The van der Waals surface area contributed by atoms with Gasteiger partial charge in [-0.15, -0.1) is 0 Å². The molecule has 1 aliphatic heterocycles. The topological polar surface area (TPSA) is 49.6 Å². The Morgan fingerprint density at radius 2 is 1.59 bits per heavy atom. The van der Waals surface area contributed by atoms with Crippen molar-refractivity contribution in [1.29, 1.82) is 0 Å². The molecule has 166 valence electrons. The fraction of sp³-hybridized carbons (Fsp3) is 0.208. The first kappa shape index (κ1) is 22.9. The minimum absolute atomic E-state index is 0.163. The van der Waals surface area contributed by atoms with E-state index in [1.165, 1.54) is 24.3 Å². The van der Waals surface area contributed by atoms with E-state index in [1.807, 2.05) is 30.3 Å². The predicted octanol–water partition coefficient (Wildman–Crippen LogP) is 5.88. The lowest BCUT2D eigenvalue weighted by molar-refractivity contribution is -0.133. The molecule has 0 unspecified atom stereocenters. The van der Waals surface area contributed by atoms with E-state index in [9.17, 15) is 9.18 Å². The summed E-state index contributed by atoms with van der Waals surface area (Å²) in [5.74, 6) is -0.581. The monoisotopic (exact) mass is 491 g/mol. The number of nitrogens with two attached hydrogens (primary N) is 1. The summed E-state index contributed by atoms with van der Waals surface area (Å²) in [4.78, 5) is 17.1. The van der Waals surface area contributed by atoms with Crippen LogP contribution in [0, 0.1) is 5.82 Å². The van der Waals surface area contributed by atoms with Crippen molar-refractivity contribution in [2.75, 3.05) is 24.5 Å². The second kappa shape index (κ2) is 9.67. The number of anilines is 1. The summed E-state index contributed by atoms with van der Waals surface area (Å²) in [5.41, 5.74) is 8.63. The van der Waals surface area contributed by atoms with Gasteiger partial charge < -0.3 is 15.5 Å². The van der Waals surface area contributed by atoms with E-state index in [0.29, 0.717) is 40.3 Å². The van der Waals surface area contributed by atoms with Gasteiger partial charge in [-0.25, -0.2) is 4.39 Å². The lowest BCUT2D eigenvalue weighted by Crippen LogP contribution is -2.52. The smallest absolute Gasteiger partial charge is 0.244 e. The maximum atomic E-state index is 13.3. The van der Waals surface area contributed by atoms with Crippen LogP contribution in [0.5, 0.6) is 0 Å². The molecule has 8 heteroatoms. The van der Waals surface area contributed by atoms with Crippen LogP contribution >= 0.6 is 34.8 Å². The van der Waals surface area contributed by atoms with E-state index in [2.05, 4.69) is 4.90 Å². The summed E-state index contributed by atoms with van der Waals surface area (Å²) in [6.07, 6.45) is 0. The number of hydrogen-bond donors (Lipinski definition) is 1. The van der Waals surface area contributed by atoms with Crippen LogP contribution in [0.2, 0.25) is 15.1 Å². The largest absolute Gasteiger partial charge is 0.360 e. The number of carbonyl (C=O) groups excluding carboxylic acids is 1. The number of rotatable bonds is 4. The number of piperazine rings is 1. The van der Waals surface area contributed by atoms with Gasteiger partial charge >= 0.3 is 0 Å². The first-order valence-corrected chi connectivity index (χ1v) is 11.2. The van der Waals surface area contributed by atoms with Gasteiger partial charge in [0.15, 0.2) is 0 Å². The van der Waals surface area contributed by atoms with Crippen molar-refractivity contribution >= 4 is 46.4 Å². The molecule has 0 spiro atoms. The number of amides is 1. The molecule has 4 nitrogen and oxygen atoms in total. The van der Waals surface area contributed by atoms with Crippen LogP contribution < -0.4 is 10.6 Å². The molecule has 1 amide bonds. The molecule has 1 aliphatic rings. The lowest BCUT2D eigenvalue weighted by Gasteiger charge is -2.44. The normalized spacial score (nSPS) is 17.3. The highest BCUT2D eigenvalue weighted by molar-refractivity contribution is 6.36. The zero-order valence-corrected chi connectivity index (χ0v) is 19.3. The van der Waals surface area contributed by atoms with Gasteiger partial charge in [0.05, 0.1) is 16.8 Å². The molecule has 0 bridgehead atoms. The van der Waals surface area contributed by atoms with Crippen molar-refractivity contribution in [1.82, 2.24) is 4.90 Å². The molecule has 1 heterocycles. The molecule has 0 radical (unpaired) electrons. The number of nitrogens with zero attached hydrogens (tertiary/aromatic N) is 2. The van der Waals surface area contributed by atoms with Gasteiger partial charge in [0.2, 0.25) is 5.91 Å². The van der Waals surface area contributed by atoms with E-state index in [0.717, 1.165) is 11.3 Å². The Morgan fingerprint density at radius 1 is 0.938 bits per heavy atom. The Kier molecular flexibility index (Phi) is 6.91. The quantitative estimate of drug-likeness (QED) is 0.495. The van der Waals surface area contributed by atoms with Crippen LogP contribution in [0.25, 0.3) is 0 Å². The van der Waals surface area contributed by atoms with Crippen molar-refractivity contribution in [2.24, 2.45) is 5.73 Å². The zero-order chi connectivity index (χ0) is 22.8. The maximum absolute atomic E-state index is 13.3. The summed E-state index contributed by atoms with van der Waals surface area (Å²) >= 11 is 18.7. The van der Waals surface area contributed by atoms with Crippen molar-refractivity contribution in [2.45, 2.75) is 12.1 Å². The van der Waals surface area contributed by atoms with Gasteiger partial charge in [0.1, 0.15) is 11.9 Å². The fourth-order valence-corrected chi connectivity index (χ4v) is 4.61. The van der Waals surface area contributed by atoms with E-state index < -0.39 is 6.04 Å². The fourth-order valence-electron chi connectivity index (χ4n) is 3.97. The van der Waals surface area contributed by atoms with Gasteiger partial charge in [-0.05, 0) is 53.6 Å². The van der Waals surface area contributed by atoms with Crippen LogP contribution in [-0.2, 0) is 4.79 Å². The lowest BCUT2D eigenvalue weighted by atomic mass is 9.99. The number of hydrogen-bond acceptors (Lipinski definition) is 3. The number of carbonyl (C=O) groups is 1. The Labute approximate surface area is 201 Å². The summed E-state index contributed by atoms with van der Waals surface area (Å²) in [6.45, 7) is 1.43. The highest BCUT2D eigenvalue weighted by Gasteiger charge is 2.34. The van der Waals surface area contributed by atoms with Gasteiger partial charge in [0.25, 0.3) is 0 Å². The Morgan fingerprint density at radius 3 is 2.25 bits per heavy atom. The Balaban J connectivity index is 1.63. The van der Waals surface area contributed by atoms with Crippen molar-refractivity contribution < 1.29 is 9.18 Å². The molecule has 2 N–H and O–H groups in total. The third-order valence-electron chi connectivity index (χ3n) is 5.66. The van der Waals surface area contributed by atoms with Crippen LogP contribution in [-0.4, -0.2) is 30.4 Å². The molecule has 1 fully saturated rings. The molecule has 2 atom stereocenters. The van der Waals surface area contributed by atoms with E-state index in [1.54, 1.807) is 17.0 Å². The molecule has 1 saturated heterocycles. The molecule has 3 aromatic rings. The Hall–Kier alpha value is -2.31. The molecule has 0 aliphatic carbocycles. The number of benzene rings is 3. The molecule has 3 aromatic carbocycles. The second-order valence-corrected chi connectivity index (χ2v) is 8.95. The maximum Gasteiger partial charge on any atom is 0.244 e. The van der Waals surface area contributed by atoms with Gasteiger partial charge in [0, 0.05) is 29.7 Å². The van der Waals surface area contributed by atoms with E-state index in [4.69, 9.17) is 40.5 Å². The van der Waals surface area contributed by atoms with Crippen LogP contribution in [0.3, 0.4) is 0 Å². The van der Waals surface area contributed by atoms with Crippen LogP contribution in [0.1, 0.15) is 23.2 Å². The standard InChI is InChI=1S/C24H21Cl3FN3O/c25-17-5-1-15(2-6-17)22-14-30(24(32)23(29)16-3-8-19(28)9-4-16)11-12-31(22)21-10-7-18(26)13-20(21)27/h1-10,13,22-23H,11-12,14,29H2/t22-,23-/m0/s1. The van der Waals surface area contributed by atoms with Gasteiger partial charge in [-0.3, -0.25) is 4.79 Å². The van der Waals surface area contributed by atoms with Gasteiger partial charge in [-0.1, -0.05) is 59.1 Å². The summed E-state index contributed by atoms with van der Waals surface area (Å²) < 4.78 is 13.3. The summed E-state index contributed by atoms with van der Waals surface area (Å²) in [7, 11) is 0. The average molecular weight is 493 g/mol. The third kappa shape index (κ3) is 4.86. The molecule has 0 saturated carbocycles. The average Bonchev–Trinajstić information content (AvgIpc) is 2.79. The Bertz CT molecular complexity index is 1110. The zero-order valence-electron chi connectivity index (χ0n) is 17.0. The van der Waals surface area contributed by atoms with E-state index in [-0.39, 0.29) is 17.8 Å². The molecule has 32 heavy (non-hydrogen) atoms. The van der Waals surface area contributed by atoms with Crippen molar-refractivity contribution in [3.05, 3.63) is 98.7 Å². The first-order valence-electron chi connectivity index (χ1n) is 10.1. The molecule has 4 rings (SSSR count). The summed E-state index contributed by atoms with van der Waals surface area (Å²) in [5, 5.41) is 1.73. The van der Waals surface area contributed by atoms with Crippen LogP contribution in [0.4, 0.5) is 10.1 Å². The molecule has 0 aromatic heterocycles. The molecular formula is C24H21Cl3FN3O. The minimum atomic E-state index is -0.868. The van der Waals surface area contributed by atoms with E-state index >= 15 is 0 Å². The minimum Gasteiger partial charge on any atom is -0.360 e. The predicted molar refractivity (Wildman–Crippen MR) is 128 cm³/mol. The van der Waals surface area contributed by atoms with Crippen molar-refractivity contribution in [3.63, 3.8) is 0 Å². The summed E-state index contributed by atoms with van der Waals surface area (Å²) in [6, 6.07) is 17.6. The van der Waals surface area contributed by atoms with Crippen molar-refractivity contribution in [3.8, 4) is 0 Å². The highest BCUT2D eigenvalue weighted by atomic mass is 35.5. The molecular weight excluding hydrogens is 472 g/mol. The number of halogens is 4. The first-order chi connectivity index (χ1) is 15.3. The van der Waals surface area contributed by atoms with Crippen LogP contribution in [0.15, 0.2) is 66.7 Å². The third-order valence-corrected chi connectivity index (χ3v) is 6.45. The SMILES string of the molecule is N[C@H](C(=O)N1CCN(c2ccc(Cl)cc2Cl)[C@H](c2ccc(Cl)cc2)C1)c1ccc(F)cc1. The highest BCUT2D eigenvalue weighted by Crippen LogP contribution is 2.37.